The maximum atomic E-state index is 11.6. The highest BCUT2D eigenvalue weighted by Crippen LogP contribution is 2.37. The van der Waals surface area contributed by atoms with Crippen molar-refractivity contribution in [1.82, 2.24) is 4.98 Å². The van der Waals surface area contributed by atoms with Crippen LogP contribution < -0.4 is 10.6 Å². The number of nitrogens with two attached hydrogens (primary N) is 1. The number of hydrogen-bond donors (Lipinski definition) is 2. The molecule has 0 aliphatic carbocycles. The molecule has 1 unspecified atom stereocenters. The van der Waals surface area contributed by atoms with Crippen molar-refractivity contribution in [3.8, 4) is 0 Å². The third-order valence-electron chi connectivity index (χ3n) is 3.83. The second kappa shape index (κ2) is 5.11. The molecule has 1 aliphatic heterocycles. The lowest BCUT2D eigenvalue weighted by molar-refractivity contribution is -0.142. The highest BCUT2D eigenvalue weighted by Gasteiger charge is 2.43. The first-order chi connectivity index (χ1) is 9.33. The molecule has 20 heavy (non-hydrogen) atoms. The fourth-order valence-corrected chi connectivity index (χ4v) is 2.84. The molecule has 0 saturated carbocycles. The Morgan fingerprint density at radius 1 is 1.50 bits per heavy atom. The number of pyridine rings is 1. The van der Waals surface area contributed by atoms with Crippen LogP contribution in [-0.4, -0.2) is 34.6 Å². The average Bonchev–Trinajstić information content (AvgIpc) is 2.36. The van der Waals surface area contributed by atoms with Gasteiger partial charge in [0.05, 0.1) is 0 Å². The highest BCUT2D eigenvalue weighted by molar-refractivity contribution is 5.93. The van der Waals surface area contributed by atoms with Crippen molar-refractivity contribution in [1.29, 1.82) is 0 Å². The van der Waals surface area contributed by atoms with Crippen LogP contribution in [0.5, 0.6) is 0 Å². The van der Waals surface area contributed by atoms with Gasteiger partial charge in [-0.15, -0.1) is 0 Å². The molecule has 1 saturated heterocycles. The Morgan fingerprint density at radius 2 is 2.20 bits per heavy atom. The lowest BCUT2D eigenvalue weighted by Gasteiger charge is -2.44. The van der Waals surface area contributed by atoms with Crippen LogP contribution >= 0.6 is 0 Å². The molecule has 2 rings (SSSR count). The zero-order chi connectivity index (χ0) is 14.9. The summed E-state index contributed by atoms with van der Waals surface area (Å²) in [7, 11) is 0. The van der Waals surface area contributed by atoms with Gasteiger partial charge in [-0.1, -0.05) is 13.8 Å². The van der Waals surface area contributed by atoms with Crippen molar-refractivity contribution in [3.05, 3.63) is 23.9 Å². The number of hydrogen-bond acceptors (Lipinski definition) is 4. The van der Waals surface area contributed by atoms with Gasteiger partial charge in [0.15, 0.2) is 0 Å². The summed E-state index contributed by atoms with van der Waals surface area (Å²) in [6.07, 6.45) is 3.21. The first kappa shape index (κ1) is 14.3. The normalized spacial score (nSPS) is 21.5. The van der Waals surface area contributed by atoms with Crippen LogP contribution in [0, 0.1) is 5.41 Å². The number of aromatic nitrogens is 1. The Bertz CT molecular complexity index is 542. The molecule has 0 bridgehead atoms. The van der Waals surface area contributed by atoms with E-state index in [1.807, 2.05) is 13.8 Å². The molecule has 1 amide bonds. The number of carbonyl (C=O) groups is 2. The van der Waals surface area contributed by atoms with Gasteiger partial charge in [0.25, 0.3) is 0 Å². The molecule has 6 heteroatoms. The molecule has 0 aromatic carbocycles. The van der Waals surface area contributed by atoms with Crippen LogP contribution in [0.15, 0.2) is 18.3 Å². The van der Waals surface area contributed by atoms with Crippen molar-refractivity contribution >= 4 is 17.7 Å². The van der Waals surface area contributed by atoms with Crippen LogP contribution in [0.25, 0.3) is 0 Å². The number of rotatable bonds is 3. The van der Waals surface area contributed by atoms with E-state index in [0.29, 0.717) is 17.9 Å². The van der Waals surface area contributed by atoms with Crippen LogP contribution in [0.2, 0.25) is 0 Å². The molecular weight excluding hydrogens is 258 g/mol. The summed E-state index contributed by atoms with van der Waals surface area (Å²) in [5.74, 6) is -0.931. The molecule has 108 valence electrons. The first-order valence-electron chi connectivity index (χ1n) is 6.58. The number of carboxylic acids is 1. The van der Waals surface area contributed by atoms with Crippen molar-refractivity contribution in [2.24, 2.45) is 11.1 Å². The van der Waals surface area contributed by atoms with Crippen LogP contribution in [-0.2, 0) is 4.79 Å². The maximum absolute atomic E-state index is 11.6. The molecule has 1 aromatic heterocycles. The number of amides is 1. The van der Waals surface area contributed by atoms with Gasteiger partial charge < -0.3 is 15.7 Å². The number of piperidine rings is 1. The highest BCUT2D eigenvalue weighted by atomic mass is 16.4. The monoisotopic (exact) mass is 277 g/mol. The maximum Gasteiger partial charge on any atom is 0.326 e. The fourth-order valence-electron chi connectivity index (χ4n) is 2.84. The topological polar surface area (TPSA) is 96.5 Å². The smallest absolute Gasteiger partial charge is 0.326 e. The molecule has 2 heterocycles. The second-order valence-electron chi connectivity index (χ2n) is 5.79. The van der Waals surface area contributed by atoms with E-state index in [-0.39, 0.29) is 5.41 Å². The van der Waals surface area contributed by atoms with E-state index in [0.717, 1.165) is 12.8 Å². The molecule has 1 aliphatic rings. The number of primary amides is 1. The molecule has 3 N–H and O–H groups in total. The summed E-state index contributed by atoms with van der Waals surface area (Å²) in [5, 5.41) is 9.52. The van der Waals surface area contributed by atoms with Crippen LogP contribution in [0.1, 0.15) is 37.0 Å². The molecule has 6 nitrogen and oxygen atoms in total. The van der Waals surface area contributed by atoms with Crippen molar-refractivity contribution in [2.75, 3.05) is 11.4 Å². The quantitative estimate of drug-likeness (QED) is 0.867. The molecule has 1 aromatic rings. The van der Waals surface area contributed by atoms with Crippen molar-refractivity contribution in [3.63, 3.8) is 0 Å². The molecular formula is C14H19N3O3. The minimum Gasteiger partial charge on any atom is -0.480 e. The number of carbonyl (C=O) groups excluding carboxylic acids is 1. The van der Waals surface area contributed by atoms with E-state index in [1.54, 1.807) is 11.0 Å². The minimum atomic E-state index is -0.874. The second-order valence-corrected chi connectivity index (χ2v) is 5.79. The zero-order valence-electron chi connectivity index (χ0n) is 11.7. The van der Waals surface area contributed by atoms with E-state index in [4.69, 9.17) is 5.73 Å². The lowest BCUT2D eigenvalue weighted by Crippen LogP contribution is -2.54. The van der Waals surface area contributed by atoms with Gasteiger partial charge in [-0.3, -0.25) is 4.79 Å². The molecule has 1 fully saturated rings. The fraction of sp³-hybridized carbons (Fsp3) is 0.500. The summed E-state index contributed by atoms with van der Waals surface area (Å²) >= 11 is 0. The van der Waals surface area contributed by atoms with Crippen LogP contribution in [0.3, 0.4) is 0 Å². The molecule has 0 radical (unpaired) electrons. The van der Waals surface area contributed by atoms with E-state index >= 15 is 0 Å². The summed E-state index contributed by atoms with van der Waals surface area (Å²) in [6.45, 7) is 4.49. The largest absolute Gasteiger partial charge is 0.480 e. The first-order valence-corrected chi connectivity index (χ1v) is 6.58. The van der Waals surface area contributed by atoms with Gasteiger partial charge in [0.2, 0.25) is 5.91 Å². The zero-order valence-corrected chi connectivity index (χ0v) is 11.7. The van der Waals surface area contributed by atoms with E-state index < -0.39 is 17.9 Å². The van der Waals surface area contributed by atoms with Gasteiger partial charge in [-0.2, -0.15) is 0 Å². The Kier molecular flexibility index (Phi) is 3.65. The van der Waals surface area contributed by atoms with Crippen molar-refractivity contribution in [2.45, 2.75) is 32.7 Å². The predicted molar refractivity (Wildman–Crippen MR) is 74.5 cm³/mol. The third kappa shape index (κ3) is 2.59. The average molecular weight is 277 g/mol. The van der Waals surface area contributed by atoms with Crippen molar-refractivity contribution < 1.29 is 14.7 Å². The Labute approximate surface area is 117 Å². The summed E-state index contributed by atoms with van der Waals surface area (Å²) in [5.41, 5.74) is 5.24. The van der Waals surface area contributed by atoms with E-state index in [1.165, 1.54) is 12.3 Å². The van der Waals surface area contributed by atoms with Gasteiger partial charge in [-0.05, 0) is 30.4 Å². The van der Waals surface area contributed by atoms with Crippen LogP contribution in [0.4, 0.5) is 5.82 Å². The number of anilines is 1. The summed E-state index contributed by atoms with van der Waals surface area (Å²) in [4.78, 5) is 28.8. The SMILES string of the molecule is CC1(C)CCCN(c2cc(C(N)=O)ccn2)C1C(=O)O. The standard InChI is InChI=1S/C14H19N3O3/c1-14(2)5-3-7-17(11(14)13(19)20)10-8-9(12(15)18)4-6-16-10/h4,6,8,11H,3,5,7H2,1-2H3,(H2,15,18)(H,19,20). The lowest BCUT2D eigenvalue weighted by atomic mass is 9.76. The summed E-state index contributed by atoms with van der Waals surface area (Å²) in [6, 6.07) is 2.42. The Hall–Kier alpha value is -2.11. The molecule has 1 atom stereocenters. The number of aliphatic carboxylic acids is 1. The Morgan fingerprint density at radius 3 is 2.80 bits per heavy atom. The van der Waals surface area contributed by atoms with Gasteiger partial charge in [0.1, 0.15) is 11.9 Å². The summed E-state index contributed by atoms with van der Waals surface area (Å²) < 4.78 is 0. The Balaban J connectivity index is 2.41. The molecule has 0 spiro atoms. The van der Waals surface area contributed by atoms with E-state index in [9.17, 15) is 14.7 Å². The number of carboxylic acid groups (broad SMARTS) is 1. The minimum absolute atomic E-state index is 0.336. The van der Waals surface area contributed by atoms with E-state index in [2.05, 4.69) is 4.98 Å². The van der Waals surface area contributed by atoms with Gasteiger partial charge in [0, 0.05) is 18.3 Å². The van der Waals surface area contributed by atoms with Gasteiger partial charge >= 0.3 is 5.97 Å². The number of nitrogens with zero attached hydrogens (tertiary/aromatic N) is 2. The van der Waals surface area contributed by atoms with Gasteiger partial charge in [-0.25, -0.2) is 9.78 Å². The predicted octanol–water partition coefficient (Wildman–Crippen LogP) is 1.26. The third-order valence-corrected chi connectivity index (χ3v) is 3.83.